The zero-order chi connectivity index (χ0) is 11.5. The molecule has 0 radical (unpaired) electrons. The Labute approximate surface area is 78.1 Å². The van der Waals surface area contributed by atoms with E-state index >= 15 is 0 Å². The number of amides is 1. The van der Waals surface area contributed by atoms with E-state index in [2.05, 4.69) is 0 Å². The molecule has 14 heavy (non-hydrogen) atoms. The van der Waals surface area contributed by atoms with Crippen molar-refractivity contribution in [1.29, 1.82) is 0 Å². The van der Waals surface area contributed by atoms with Gasteiger partial charge < -0.3 is 10.4 Å². The van der Waals surface area contributed by atoms with E-state index in [0.29, 0.717) is 0 Å². The Morgan fingerprint density at radius 3 is 2.00 bits per heavy atom. The zero-order valence-electron chi connectivity index (χ0n) is 7.55. The number of carbonyl (C=O) groups is 2. The average Bonchev–Trinajstić information content (AvgIpc) is 2.00. The molecule has 0 fully saturated rings. The van der Waals surface area contributed by atoms with Crippen LogP contribution in [0.4, 0.5) is 13.2 Å². The summed E-state index contributed by atoms with van der Waals surface area (Å²) in [6.07, 6.45) is -4.98. The Hall–Kier alpha value is -1.27. The van der Waals surface area contributed by atoms with Gasteiger partial charge in [-0.1, -0.05) is 0 Å². The van der Waals surface area contributed by atoms with Gasteiger partial charge in [0.25, 0.3) is 0 Å². The molecule has 7 heteroatoms. The van der Waals surface area contributed by atoms with Crippen molar-refractivity contribution in [2.75, 3.05) is 0 Å². The smallest absolute Gasteiger partial charge is 0.471 e. The number of carboxylic acids is 1. The van der Waals surface area contributed by atoms with Crippen LogP contribution in [0.1, 0.15) is 13.8 Å². The van der Waals surface area contributed by atoms with Gasteiger partial charge in [0.05, 0.1) is 5.92 Å². The molecule has 0 bridgehead atoms. The van der Waals surface area contributed by atoms with Crippen LogP contribution >= 0.6 is 0 Å². The molecule has 0 saturated heterocycles. The summed E-state index contributed by atoms with van der Waals surface area (Å²) in [5, 5.41) is 9.99. The lowest BCUT2D eigenvalue weighted by Crippen LogP contribution is -2.46. The molecule has 0 aromatic rings. The Bertz CT molecular complexity index is 239. The molecule has 4 nitrogen and oxygen atoms in total. The van der Waals surface area contributed by atoms with Gasteiger partial charge in [0.15, 0.2) is 0 Å². The predicted molar refractivity (Wildman–Crippen MR) is 40.5 cm³/mol. The van der Waals surface area contributed by atoms with E-state index in [0.717, 1.165) is 0 Å². The fourth-order valence-corrected chi connectivity index (χ4v) is 0.627. The van der Waals surface area contributed by atoms with Crippen molar-refractivity contribution in [3.8, 4) is 0 Å². The first kappa shape index (κ1) is 12.7. The number of nitrogens with one attached hydrogen (secondary N) is 1. The van der Waals surface area contributed by atoms with Gasteiger partial charge in [-0.15, -0.1) is 0 Å². The van der Waals surface area contributed by atoms with Crippen LogP contribution in [0.15, 0.2) is 0 Å². The SMILES string of the molecule is CC(NC(=O)C(F)(F)F)C(C)C(=O)O. The molecule has 0 heterocycles. The summed E-state index contributed by atoms with van der Waals surface area (Å²) >= 11 is 0. The molecule has 2 N–H and O–H groups in total. The van der Waals surface area contributed by atoms with E-state index < -0.39 is 30.0 Å². The van der Waals surface area contributed by atoms with Gasteiger partial charge in [0.2, 0.25) is 0 Å². The fourth-order valence-electron chi connectivity index (χ4n) is 0.627. The second kappa shape index (κ2) is 4.30. The third-order valence-corrected chi connectivity index (χ3v) is 1.76. The minimum absolute atomic E-state index is 1.07. The largest absolute Gasteiger partial charge is 0.481 e. The third kappa shape index (κ3) is 3.63. The highest BCUT2D eigenvalue weighted by atomic mass is 19.4. The van der Waals surface area contributed by atoms with Crippen molar-refractivity contribution in [3.63, 3.8) is 0 Å². The summed E-state index contributed by atoms with van der Waals surface area (Å²) in [7, 11) is 0. The number of hydrogen-bond acceptors (Lipinski definition) is 2. The standard InChI is InChI=1S/C7H10F3NO3/c1-3(5(12)13)4(2)11-6(14)7(8,9)10/h3-4H,1-2H3,(H,11,14)(H,12,13). The van der Waals surface area contributed by atoms with Gasteiger partial charge in [-0.25, -0.2) is 0 Å². The maximum Gasteiger partial charge on any atom is 0.471 e. The summed E-state index contributed by atoms with van der Waals surface area (Å²) in [6.45, 7) is 2.41. The van der Waals surface area contributed by atoms with Crippen LogP contribution in [0, 0.1) is 5.92 Å². The highest BCUT2D eigenvalue weighted by Crippen LogP contribution is 2.15. The minimum atomic E-state index is -4.98. The van der Waals surface area contributed by atoms with E-state index in [1.54, 1.807) is 5.32 Å². The van der Waals surface area contributed by atoms with E-state index in [4.69, 9.17) is 5.11 Å². The second-order valence-corrected chi connectivity index (χ2v) is 2.89. The maximum absolute atomic E-state index is 11.7. The van der Waals surface area contributed by atoms with Crippen molar-refractivity contribution in [3.05, 3.63) is 0 Å². The number of carbonyl (C=O) groups excluding carboxylic acids is 1. The van der Waals surface area contributed by atoms with Crippen LogP contribution < -0.4 is 5.32 Å². The summed E-state index contributed by atoms with van der Waals surface area (Å²) in [6, 6.07) is -1.07. The van der Waals surface area contributed by atoms with Gasteiger partial charge in [-0.3, -0.25) is 9.59 Å². The maximum atomic E-state index is 11.7. The second-order valence-electron chi connectivity index (χ2n) is 2.89. The topological polar surface area (TPSA) is 66.4 Å². The average molecular weight is 213 g/mol. The summed E-state index contributed by atoms with van der Waals surface area (Å²) < 4.78 is 35.1. The van der Waals surface area contributed by atoms with Crippen LogP contribution in [0.25, 0.3) is 0 Å². The molecule has 0 rings (SSSR count). The van der Waals surface area contributed by atoms with E-state index in [-0.39, 0.29) is 0 Å². The molecule has 0 aromatic carbocycles. The lowest BCUT2D eigenvalue weighted by molar-refractivity contribution is -0.174. The number of hydrogen-bond donors (Lipinski definition) is 2. The van der Waals surface area contributed by atoms with Crippen molar-refractivity contribution >= 4 is 11.9 Å². The molecule has 0 aliphatic rings. The lowest BCUT2D eigenvalue weighted by Gasteiger charge is -2.18. The van der Waals surface area contributed by atoms with Crippen molar-refractivity contribution in [1.82, 2.24) is 5.32 Å². The first-order chi connectivity index (χ1) is 6.16. The number of rotatable bonds is 3. The fraction of sp³-hybridized carbons (Fsp3) is 0.714. The number of aliphatic carboxylic acids is 1. The van der Waals surface area contributed by atoms with Crippen LogP contribution in [0.3, 0.4) is 0 Å². The summed E-state index contributed by atoms with van der Waals surface area (Å²) in [5.74, 6) is -4.46. The Balaban J connectivity index is 4.27. The molecule has 2 unspecified atom stereocenters. The summed E-state index contributed by atoms with van der Waals surface area (Å²) in [5.41, 5.74) is 0. The van der Waals surface area contributed by atoms with E-state index in [1.807, 2.05) is 0 Å². The first-order valence-corrected chi connectivity index (χ1v) is 3.76. The minimum Gasteiger partial charge on any atom is -0.481 e. The van der Waals surface area contributed by atoms with E-state index in [9.17, 15) is 22.8 Å². The number of alkyl halides is 3. The number of carboxylic acid groups (broad SMARTS) is 1. The molecule has 0 spiro atoms. The molecule has 0 aromatic heterocycles. The van der Waals surface area contributed by atoms with Crippen molar-refractivity contribution < 1.29 is 27.9 Å². The highest BCUT2D eigenvalue weighted by Gasteiger charge is 2.40. The van der Waals surface area contributed by atoms with Gasteiger partial charge in [0.1, 0.15) is 0 Å². The molecule has 2 atom stereocenters. The Kier molecular flexibility index (Phi) is 3.91. The molecular formula is C7H10F3NO3. The third-order valence-electron chi connectivity index (χ3n) is 1.76. The van der Waals surface area contributed by atoms with Gasteiger partial charge in [0, 0.05) is 6.04 Å². The molecule has 0 saturated carbocycles. The van der Waals surface area contributed by atoms with Gasteiger partial charge >= 0.3 is 18.1 Å². The van der Waals surface area contributed by atoms with Crippen molar-refractivity contribution in [2.45, 2.75) is 26.1 Å². The molecule has 82 valence electrons. The van der Waals surface area contributed by atoms with Crippen LogP contribution in [0.2, 0.25) is 0 Å². The van der Waals surface area contributed by atoms with Gasteiger partial charge in [-0.2, -0.15) is 13.2 Å². The summed E-state index contributed by atoms with van der Waals surface area (Å²) in [4.78, 5) is 20.7. The Morgan fingerprint density at radius 1 is 1.29 bits per heavy atom. The monoisotopic (exact) mass is 213 g/mol. The van der Waals surface area contributed by atoms with E-state index in [1.165, 1.54) is 13.8 Å². The normalized spacial score (nSPS) is 15.8. The number of halogens is 3. The predicted octanol–water partition coefficient (Wildman–Crippen LogP) is 0.774. The molecule has 1 amide bonds. The van der Waals surface area contributed by atoms with Crippen LogP contribution in [-0.2, 0) is 9.59 Å². The Morgan fingerprint density at radius 2 is 1.71 bits per heavy atom. The lowest BCUT2D eigenvalue weighted by atomic mass is 10.0. The van der Waals surface area contributed by atoms with Gasteiger partial charge in [-0.05, 0) is 13.8 Å². The quantitative estimate of drug-likeness (QED) is 0.727. The molecule has 0 aliphatic carbocycles. The van der Waals surface area contributed by atoms with Crippen LogP contribution in [0.5, 0.6) is 0 Å². The molecule has 0 aliphatic heterocycles. The molecular weight excluding hydrogens is 203 g/mol. The van der Waals surface area contributed by atoms with Crippen molar-refractivity contribution in [2.24, 2.45) is 5.92 Å². The zero-order valence-corrected chi connectivity index (χ0v) is 7.55. The first-order valence-electron chi connectivity index (χ1n) is 3.76. The van der Waals surface area contributed by atoms with Crippen LogP contribution in [-0.4, -0.2) is 29.2 Å². The highest BCUT2D eigenvalue weighted by molar-refractivity contribution is 5.82.